The van der Waals surface area contributed by atoms with Crippen LogP contribution in [0.3, 0.4) is 0 Å². The number of aryl methyl sites for hydroxylation is 1. The Kier molecular flexibility index (Phi) is 8.68. The number of pyridine rings is 1. The number of fused-ring (bicyclic) bond motifs is 7. The normalized spacial score (nSPS) is 13.3. The quantitative estimate of drug-likeness (QED) is 0.119. The van der Waals surface area contributed by atoms with Crippen LogP contribution in [0.2, 0.25) is 0 Å². The van der Waals surface area contributed by atoms with Crippen molar-refractivity contribution in [2.24, 2.45) is 7.05 Å². The fraction of sp³-hybridized carbons (Fsp3) is 0.0690. The molecule has 4 heterocycles. The van der Waals surface area contributed by atoms with Crippen LogP contribution in [0.25, 0.3) is 50.0 Å². The van der Waals surface area contributed by atoms with Gasteiger partial charge in [0.2, 0.25) is 0 Å². The summed E-state index contributed by atoms with van der Waals surface area (Å²) in [6.45, 7) is 4.90. The standard InChI is InChI=1S/C58H45N5Si/c1-58(2)46-31-14-17-34-49(46)62(41-23-7-4-8-24-41)56-54-45-30-13-16-33-48(45)63(53-36-19-20-37-59-53)51(54)39-52(55(56)58)64(42-25-9-5-10-26-42,43-27-11-6-12-28-43)44-29-21-22-40(38-44)57-60-47-32-15-18-35-50(47)61(57)3/h4-39H,1-3H3. The van der Waals surface area contributed by atoms with Gasteiger partial charge in [0.1, 0.15) is 11.6 Å². The van der Waals surface area contributed by atoms with Crippen LogP contribution in [0.15, 0.2) is 219 Å². The van der Waals surface area contributed by atoms with E-state index < -0.39 is 13.5 Å². The van der Waals surface area contributed by atoms with E-state index in [-0.39, 0.29) is 0 Å². The summed E-state index contributed by atoms with van der Waals surface area (Å²) in [5.74, 6) is 1.83. The number of benzene rings is 8. The molecule has 0 unspecified atom stereocenters. The number of rotatable bonds is 7. The summed E-state index contributed by atoms with van der Waals surface area (Å²) >= 11 is 0. The van der Waals surface area contributed by atoms with Crippen LogP contribution in [0.4, 0.5) is 17.1 Å². The van der Waals surface area contributed by atoms with E-state index >= 15 is 0 Å². The Balaban J connectivity index is 1.32. The smallest absolute Gasteiger partial charge is 0.180 e. The van der Waals surface area contributed by atoms with Crippen LogP contribution >= 0.6 is 0 Å². The fourth-order valence-corrected chi connectivity index (χ4v) is 16.1. The molecule has 1 aliphatic heterocycles. The molecule has 0 radical (unpaired) electrons. The Morgan fingerprint density at radius 3 is 1.88 bits per heavy atom. The molecule has 0 spiro atoms. The van der Waals surface area contributed by atoms with Crippen LogP contribution in [-0.2, 0) is 12.5 Å². The second-order valence-electron chi connectivity index (χ2n) is 17.4. The lowest BCUT2D eigenvalue weighted by molar-refractivity contribution is 0.637. The summed E-state index contributed by atoms with van der Waals surface area (Å²) in [5.41, 5.74) is 11.1. The van der Waals surface area contributed by atoms with Crippen molar-refractivity contribution in [1.29, 1.82) is 0 Å². The minimum atomic E-state index is -3.33. The zero-order chi connectivity index (χ0) is 43.0. The third-order valence-electron chi connectivity index (χ3n) is 13.7. The maximum absolute atomic E-state index is 5.26. The molecule has 0 amide bonds. The first-order valence-corrected chi connectivity index (χ1v) is 24.1. The molecule has 0 bridgehead atoms. The summed E-state index contributed by atoms with van der Waals surface area (Å²) < 4.78 is 4.63. The molecule has 5 nitrogen and oxygen atoms in total. The van der Waals surface area contributed by atoms with Crippen molar-refractivity contribution in [3.8, 4) is 17.2 Å². The van der Waals surface area contributed by atoms with Crippen LogP contribution in [-0.4, -0.2) is 27.2 Å². The summed E-state index contributed by atoms with van der Waals surface area (Å²) in [6, 6.07) is 78.2. The minimum Gasteiger partial charge on any atom is -0.327 e. The van der Waals surface area contributed by atoms with Crippen molar-refractivity contribution in [3.63, 3.8) is 0 Å². The molecular weight excluding hydrogens is 795 g/mol. The number of nitrogens with zero attached hydrogens (tertiary/aromatic N) is 5. The lowest BCUT2D eigenvalue weighted by atomic mass is 9.72. The largest absolute Gasteiger partial charge is 0.327 e. The maximum atomic E-state index is 5.26. The number of aromatic nitrogens is 4. The average molecular weight is 840 g/mol. The molecule has 0 saturated heterocycles. The number of hydrogen-bond acceptors (Lipinski definition) is 3. The summed E-state index contributed by atoms with van der Waals surface area (Å²) in [5, 5.41) is 7.66. The average Bonchev–Trinajstić information content (AvgIpc) is 3.87. The van der Waals surface area contributed by atoms with Gasteiger partial charge >= 0.3 is 0 Å². The van der Waals surface area contributed by atoms with Crippen molar-refractivity contribution in [2.75, 3.05) is 4.90 Å². The fourth-order valence-electron chi connectivity index (χ4n) is 10.9. The second-order valence-corrected chi connectivity index (χ2v) is 21.2. The molecule has 64 heavy (non-hydrogen) atoms. The lowest BCUT2D eigenvalue weighted by Crippen LogP contribution is -2.76. The third kappa shape index (κ3) is 5.49. The highest BCUT2D eigenvalue weighted by molar-refractivity contribution is 7.20. The first kappa shape index (κ1) is 37.9. The van der Waals surface area contributed by atoms with Crippen LogP contribution in [0.5, 0.6) is 0 Å². The molecule has 0 atom stereocenters. The Morgan fingerprint density at radius 1 is 0.531 bits per heavy atom. The molecule has 11 aromatic rings. The SMILES string of the molecule is Cn1c(-c2cccc([Si](c3ccccc3)(c3ccccc3)c3cc4c(c5c3C(C)(C)c3ccccc3N5c3ccccc3)c3ccccc3n4-c3ccccn3)c2)nc2ccccc21. The predicted molar refractivity (Wildman–Crippen MR) is 269 cm³/mol. The van der Waals surface area contributed by atoms with E-state index in [2.05, 4.69) is 241 Å². The Bertz CT molecular complexity index is 3500. The van der Waals surface area contributed by atoms with Crippen molar-refractivity contribution in [1.82, 2.24) is 19.1 Å². The monoisotopic (exact) mass is 839 g/mol. The van der Waals surface area contributed by atoms with E-state index in [9.17, 15) is 0 Å². The van der Waals surface area contributed by atoms with E-state index in [1.165, 1.54) is 54.0 Å². The minimum absolute atomic E-state index is 0.439. The number of anilines is 3. The third-order valence-corrected chi connectivity index (χ3v) is 18.4. The van der Waals surface area contributed by atoms with Gasteiger partial charge in [-0.25, -0.2) is 9.97 Å². The Labute approximate surface area is 374 Å². The van der Waals surface area contributed by atoms with Gasteiger partial charge in [-0.05, 0) is 86.5 Å². The van der Waals surface area contributed by atoms with E-state index in [0.717, 1.165) is 45.0 Å². The second kappa shape index (κ2) is 14.7. The predicted octanol–water partition coefficient (Wildman–Crippen LogP) is 11.2. The van der Waals surface area contributed by atoms with Gasteiger partial charge in [-0.2, -0.15) is 0 Å². The molecule has 0 saturated carbocycles. The van der Waals surface area contributed by atoms with Gasteiger partial charge in [-0.1, -0.05) is 172 Å². The highest BCUT2D eigenvalue weighted by atomic mass is 28.3. The van der Waals surface area contributed by atoms with Gasteiger partial charge in [0.05, 0.1) is 33.4 Å². The molecular formula is C58H45N5Si. The molecule has 3 aromatic heterocycles. The van der Waals surface area contributed by atoms with Crippen LogP contribution in [0, 0.1) is 0 Å². The molecule has 0 N–H and O–H groups in total. The van der Waals surface area contributed by atoms with Gasteiger partial charge in [-0.3, -0.25) is 4.57 Å². The molecule has 1 aliphatic rings. The zero-order valence-corrected chi connectivity index (χ0v) is 37.0. The van der Waals surface area contributed by atoms with Crippen molar-refractivity contribution in [2.45, 2.75) is 19.3 Å². The van der Waals surface area contributed by atoms with Crippen molar-refractivity contribution in [3.05, 3.63) is 230 Å². The maximum Gasteiger partial charge on any atom is 0.180 e. The first-order valence-electron chi connectivity index (χ1n) is 22.1. The Morgan fingerprint density at radius 2 is 1.16 bits per heavy atom. The van der Waals surface area contributed by atoms with E-state index in [1.807, 2.05) is 12.3 Å². The van der Waals surface area contributed by atoms with Gasteiger partial charge in [0.15, 0.2) is 8.07 Å². The molecule has 6 heteroatoms. The van der Waals surface area contributed by atoms with Crippen molar-refractivity contribution < 1.29 is 0 Å². The molecule has 8 aromatic carbocycles. The number of hydrogen-bond donors (Lipinski definition) is 0. The van der Waals surface area contributed by atoms with Gasteiger partial charge < -0.3 is 9.47 Å². The van der Waals surface area contributed by atoms with Crippen LogP contribution in [0.1, 0.15) is 25.0 Å². The highest BCUT2D eigenvalue weighted by Crippen LogP contribution is 2.55. The number of para-hydroxylation sites is 5. The van der Waals surface area contributed by atoms with Gasteiger partial charge in [0, 0.05) is 40.7 Å². The summed E-state index contributed by atoms with van der Waals surface area (Å²) in [6.07, 6.45) is 1.91. The van der Waals surface area contributed by atoms with Crippen LogP contribution < -0.4 is 25.6 Å². The van der Waals surface area contributed by atoms with Gasteiger partial charge in [-0.15, -0.1) is 0 Å². The molecule has 0 aliphatic carbocycles. The van der Waals surface area contributed by atoms with E-state index in [1.54, 1.807) is 0 Å². The number of imidazole rings is 1. The summed E-state index contributed by atoms with van der Waals surface area (Å²) in [7, 11) is -1.19. The lowest BCUT2D eigenvalue weighted by Gasteiger charge is -2.47. The highest BCUT2D eigenvalue weighted by Gasteiger charge is 2.50. The molecule has 0 fully saturated rings. The molecule has 306 valence electrons. The zero-order valence-electron chi connectivity index (χ0n) is 36.0. The van der Waals surface area contributed by atoms with Crippen molar-refractivity contribution >= 4 is 78.7 Å². The van der Waals surface area contributed by atoms with E-state index in [4.69, 9.17) is 9.97 Å². The Hall–Kier alpha value is -7.80. The first-order chi connectivity index (χ1) is 31.5. The topological polar surface area (TPSA) is 38.9 Å². The van der Waals surface area contributed by atoms with E-state index in [0.29, 0.717) is 0 Å². The van der Waals surface area contributed by atoms with Gasteiger partial charge in [0.25, 0.3) is 0 Å². The molecule has 12 rings (SSSR count). The summed E-state index contributed by atoms with van der Waals surface area (Å²) in [4.78, 5) is 12.9.